The van der Waals surface area contributed by atoms with Gasteiger partial charge in [-0.15, -0.1) is 0 Å². The number of alkyl halides is 3. The highest BCUT2D eigenvalue weighted by Gasteiger charge is 2.34. The van der Waals surface area contributed by atoms with E-state index >= 15 is 0 Å². The summed E-state index contributed by atoms with van der Waals surface area (Å²) in [5, 5.41) is 0. The lowest BCUT2D eigenvalue weighted by Gasteiger charge is -2.09. The molecule has 0 aliphatic heterocycles. The molecule has 2 rings (SSSR count). The Bertz CT molecular complexity index is 661. The molecule has 1 heterocycles. The first-order valence-electron chi connectivity index (χ1n) is 6.25. The van der Waals surface area contributed by atoms with E-state index in [0.29, 0.717) is 18.3 Å². The number of benzene rings is 1. The molecular formula is C13H14F4N4. The molecule has 8 heteroatoms. The number of nitrogen functional groups attached to an aromatic ring is 2. The highest BCUT2D eigenvalue weighted by atomic mass is 19.4. The standard InChI is InChI=1S/C13H14F4N4/c1-2-3-10-20-11(12(18)21(10)19)7-4-5-9(14)8(6-7)13(15,16)17/h4-6H,2-3,18-19H2,1H3. The molecule has 0 fully saturated rings. The highest BCUT2D eigenvalue weighted by Crippen LogP contribution is 2.35. The molecule has 0 atom stereocenters. The third-order valence-electron chi connectivity index (χ3n) is 3.04. The van der Waals surface area contributed by atoms with Crippen LogP contribution in [0.25, 0.3) is 11.3 Å². The monoisotopic (exact) mass is 302 g/mol. The summed E-state index contributed by atoms with van der Waals surface area (Å²) in [4.78, 5) is 4.15. The average molecular weight is 302 g/mol. The van der Waals surface area contributed by atoms with Crippen molar-refractivity contribution in [2.75, 3.05) is 11.6 Å². The fourth-order valence-electron chi connectivity index (χ4n) is 2.00. The molecular weight excluding hydrogens is 288 g/mol. The Morgan fingerprint density at radius 3 is 2.52 bits per heavy atom. The number of imidazole rings is 1. The van der Waals surface area contributed by atoms with E-state index in [1.807, 2.05) is 6.92 Å². The van der Waals surface area contributed by atoms with Crippen molar-refractivity contribution in [2.24, 2.45) is 0 Å². The molecule has 21 heavy (non-hydrogen) atoms. The second-order valence-corrected chi connectivity index (χ2v) is 4.57. The van der Waals surface area contributed by atoms with Gasteiger partial charge in [0.1, 0.15) is 17.3 Å². The number of nitrogens with zero attached hydrogens (tertiary/aromatic N) is 2. The number of hydrogen-bond acceptors (Lipinski definition) is 3. The molecule has 114 valence electrons. The first kappa shape index (κ1) is 15.1. The summed E-state index contributed by atoms with van der Waals surface area (Å²) in [6.07, 6.45) is -3.50. The molecule has 0 radical (unpaired) electrons. The average Bonchev–Trinajstić information content (AvgIpc) is 2.67. The molecule has 0 saturated carbocycles. The van der Waals surface area contributed by atoms with E-state index in [1.165, 1.54) is 6.07 Å². The summed E-state index contributed by atoms with van der Waals surface area (Å²) in [5.41, 5.74) is 4.59. The van der Waals surface area contributed by atoms with E-state index in [2.05, 4.69) is 4.98 Å². The van der Waals surface area contributed by atoms with Crippen molar-refractivity contribution in [3.05, 3.63) is 35.4 Å². The summed E-state index contributed by atoms with van der Waals surface area (Å²) >= 11 is 0. The molecule has 0 saturated heterocycles. The van der Waals surface area contributed by atoms with Gasteiger partial charge in [-0.1, -0.05) is 6.92 Å². The van der Waals surface area contributed by atoms with Gasteiger partial charge in [0.2, 0.25) is 0 Å². The van der Waals surface area contributed by atoms with Gasteiger partial charge in [-0.2, -0.15) is 13.2 Å². The molecule has 0 unspecified atom stereocenters. The first-order valence-corrected chi connectivity index (χ1v) is 6.25. The van der Waals surface area contributed by atoms with Crippen LogP contribution in [0.2, 0.25) is 0 Å². The molecule has 1 aromatic carbocycles. The van der Waals surface area contributed by atoms with Crippen LogP contribution >= 0.6 is 0 Å². The lowest BCUT2D eigenvalue weighted by Crippen LogP contribution is -2.15. The first-order chi connectivity index (χ1) is 9.75. The van der Waals surface area contributed by atoms with Gasteiger partial charge in [-0.3, -0.25) is 0 Å². The third-order valence-corrected chi connectivity index (χ3v) is 3.04. The predicted octanol–water partition coefficient (Wildman–Crippen LogP) is 2.96. The van der Waals surface area contributed by atoms with E-state index in [9.17, 15) is 17.6 Å². The van der Waals surface area contributed by atoms with Crippen LogP contribution in [0.1, 0.15) is 24.7 Å². The van der Waals surface area contributed by atoms with Gasteiger partial charge in [-0.05, 0) is 24.6 Å². The van der Waals surface area contributed by atoms with Crippen LogP contribution in [0.4, 0.5) is 23.4 Å². The lowest BCUT2D eigenvalue weighted by molar-refractivity contribution is -0.139. The van der Waals surface area contributed by atoms with Gasteiger partial charge in [-0.25, -0.2) is 14.1 Å². The summed E-state index contributed by atoms with van der Waals surface area (Å²) in [5.74, 6) is 4.87. The third kappa shape index (κ3) is 2.79. The highest BCUT2D eigenvalue weighted by molar-refractivity contribution is 5.71. The van der Waals surface area contributed by atoms with Gasteiger partial charge in [0, 0.05) is 12.0 Å². The quantitative estimate of drug-likeness (QED) is 0.676. The Hall–Kier alpha value is -2.25. The van der Waals surface area contributed by atoms with Crippen LogP contribution in [0.3, 0.4) is 0 Å². The maximum Gasteiger partial charge on any atom is 0.419 e. The zero-order valence-electron chi connectivity index (χ0n) is 11.2. The second-order valence-electron chi connectivity index (χ2n) is 4.57. The van der Waals surface area contributed by atoms with Gasteiger partial charge in [0.05, 0.1) is 5.56 Å². The van der Waals surface area contributed by atoms with Crippen LogP contribution in [0, 0.1) is 5.82 Å². The molecule has 2 aromatic rings. The van der Waals surface area contributed by atoms with Crippen molar-refractivity contribution in [3.8, 4) is 11.3 Å². The summed E-state index contributed by atoms with van der Waals surface area (Å²) in [6, 6.07) is 2.62. The number of halogens is 4. The Morgan fingerprint density at radius 1 is 1.29 bits per heavy atom. The molecule has 0 amide bonds. The fraction of sp³-hybridized carbons (Fsp3) is 0.308. The van der Waals surface area contributed by atoms with E-state index < -0.39 is 17.6 Å². The normalized spacial score (nSPS) is 11.9. The SMILES string of the molecule is CCCc1nc(-c2ccc(F)c(C(F)(F)F)c2)c(N)n1N. The van der Waals surface area contributed by atoms with Crippen molar-refractivity contribution in [2.45, 2.75) is 25.9 Å². The van der Waals surface area contributed by atoms with E-state index in [1.54, 1.807) is 0 Å². The largest absolute Gasteiger partial charge is 0.419 e. The van der Waals surface area contributed by atoms with Crippen LogP contribution in [-0.2, 0) is 12.6 Å². The number of hydrogen-bond donors (Lipinski definition) is 2. The maximum atomic E-state index is 13.3. The Morgan fingerprint density at radius 2 is 1.95 bits per heavy atom. The van der Waals surface area contributed by atoms with Gasteiger partial charge >= 0.3 is 6.18 Å². The second kappa shape index (κ2) is 5.27. The van der Waals surface area contributed by atoms with Crippen molar-refractivity contribution in [1.82, 2.24) is 9.66 Å². The maximum absolute atomic E-state index is 13.3. The molecule has 0 aliphatic rings. The van der Waals surface area contributed by atoms with Crippen molar-refractivity contribution >= 4 is 5.82 Å². The molecule has 0 bridgehead atoms. The minimum atomic E-state index is -4.79. The topological polar surface area (TPSA) is 69.9 Å². The van der Waals surface area contributed by atoms with Gasteiger partial charge in [0.25, 0.3) is 0 Å². The zero-order chi connectivity index (χ0) is 15.8. The Balaban J connectivity index is 2.55. The number of nitrogens with two attached hydrogens (primary N) is 2. The Kier molecular flexibility index (Phi) is 3.80. The lowest BCUT2D eigenvalue weighted by atomic mass is 10.1. The molecule has 4 N–H and O–H groups in total. The molecule has 0 spiro atoms. The smallest absolute Gasteiger partial charge is 0.382 e. The molecule has 0 aliphatic carbocycles. The van der Waals surface area contributed by atoms with Crippen molar-refractivity contribution in [3.63, 3.8) is 0 Å². The van der Waals surface area contributed by atoms with Crippen LogP contribution in [-0.4, -0.2) is 9.66 Å². The minimum Gasteiger partial charge on any atom is -0.382 e. The van der Waals surface area contributed by atoms with Crippen LogP contribution < -0.4 is 11.6 Å². The summed E-state index contributed by atoms with van der Waals surface area (Å²) < 4.78 is 52.6. The van der Waals surface area contributed by atoms with Crippen molar-refractivity contribution < 1.29 is 17.6 Å². The van der Waals surface area contributed by atoms with Gasteiger partial charge < -0.3 is 11.6 Å². The number of aromatic nitrogens is 2. The number of anilines is 1. The van der Waals surface area contributed by atoms with Crippen molar-refractivity contribution in [1.29, 1.82) is 0 Å². The summed E-state index contributed by atoms with van der Waals surface area (Å²) in [6.45, 7) is 1.91. The van der Waals surface area contributed by atoms with Crippen LogP contribution in [0.5, 0.6) is 0 Å². The predicted molar refractivity (Wildman–Crippen MR) is 71.2 cm³/mol. The fourth-order valence-corrected chi connectivity index (χ4v) is 2.00. The zero-order valence-corrected chi connectivity index (χ0v) is 11.2. The Labute approximate surface area is 118 Å². The van der Waals surface area contributed by atoms with Gasteiger partial charge in [0.15, 0.2) is 5.82 Å². The molecule has 4 nitrogen and oxygen atoms in total. The molecule has 1 aromatic heterocycles. The minimum absolute atomic E-state index is 0.0400. The van der Waals surface area contributed by atoms with Crippen LogP contribution in [0.15, 0.2) is 18.2 Å². The van der Waals surface area contributed by atoms with E-state index in [-0.39, 0.29) is 17.1 Å². The number of aryl methyl sites for hydroxylation is 1. The summed E-state index contributed by atoms with van der Waals surface area (Å²) in [7, 11) is 0. The number of rotatable bonds is 3. The van der Waals surface area contributed by atoms with E-state index in [4.69, 9.17) is 11.6 Å². The van der Waals surface area contributed by atoms with E-state index in [0.717, 1.165) is 17.2 Å².